The minimum Gasteiger partial charge on any atom is -0.497 e. The topological polar surface area (TPSA) is 139 Å². The molecule has 4 rings (SSSR count). The van der Waals surface area contributed by atoms with E-state index in [9.17, 15) is 18.0 Å². The van der Waals surface area contributed by atoms with Gasteiger partial charge in [0.05, 0.1) is 30.9 Å². The van der Waals surface area contributed by atoms with E-state index >= 15 is 0 Å². The largest absolute Gasteiger partial charge is 0.497 e. The summed E-state index contributed by atoms with van der Waals surface area (Å²) in [7, 11) is -2.02. The van der Waals surface area contributed by atoms with Crippen LogP contribution in [0.15, 0.2) is 63.6 Å². The van der Waals surface area contributed by atoms with Crippen molar-refractivity contribution < 1.29 is 27.5 Å². The number of sulfonamides is 1. The van der Waals surface area contributed by atoms with E-state index in [1.807, 2.05) is 0 Å². The second kappa shape index (κ2) is 11.9. The van der Waals surface area contributed by atoms with E-state index in [0.29, 0.717) is 49.0 Å². The first-order valence-electron chi connectivity index (χ1n) is 11.5. The first-order chi connectivity index (χ1) is 17.8. The highest BCUT2D eigenvalue weighted by Gasteiger charge is 2.32. The SMILES string of the molecule is COc1ccc(NC(=O)CC2S/C(=N/N=C(/C)c3ccc(S(=O)(=O)N4CCOCC4)cc3)NC2=O)cc1. The number of nitrogens with zero attached hydrogens (tertiary/aromatic N) is 3. The molecule has 2 aromatic carbocycles. The number of amides is 2. The fraction of sp³-hybridized carbons (Fsp3) is 0.333. The summed E-state index contributed by atoms with van der Waals surface area (Å²) in [5, 5.41) is 13.3. The third kappa shape index (κ3) is 6.74. The predicted molar refractivity (Wildman–Crippen MR) is 141 cm³/mol. The predicted octanol–water partition coefficient (Wildman–Crippen LogP) is 2.06. The van der Waals surface area contributed by atoms with Crippen LogP contribution in [0, 0.1) is 0 Å². The zero-order valence-corrected chi connectivity index (χ0v) is 22.0. The molecule has 0 spiro atoms. The summed E-state index contributed by atoms with van der Waals surface area (Å²) in [6.07, 6.45) is -0.0245. The Labute approximate surface area is 219 Å². The molecule has 1 atom stereocenters. The molecule has 2 fully saturated rings. The molecule has 37 heavy (non-hydrogen) atoms. The minimum atomic E-state index is -3.58. The van der Waals surface area contributed by atoms with Gasteiger partial charge in [0.1, 0.15) is 11.0 Å². The van der Waals surface area contributed by atoms with Crippen molar-refractivity contribution in [2.75, 3.05) is 38.7 Å². The molecule has 2 saturated heterocycles. The number of hydrogen-bond acceptors (Lipinski definition) is 9. The van der Waals surface area contributed by atoms with Gasteiger partial charge in [-0.15, -0.1) is 5.10 Å². The molecule has 2 aliphatic heterocycles. The first-order valence-corrected chi connectivity index (χ1v) is 13.8. The molecular weight excluding hydrogens is 518 g/mol. The van der Waals surface area contributed by atoms with Gasteiger partial charge in [-0.2, -0.15) is 9.41 Å². The van der Waals surface area contributed by atoms with Crippen molar-refractivity contribution in [3.63, 3.8) is 0 Å². The number of rotatable bonds is 8. The quantitative estimate of drug-likeness (QED) is 0.382. The number of hydrogen-bond donors (Lipinski definition) is 2. The second-order valence-electron chi connectivity index (χ2n) is 8.21. The number of methoxy groups -OCH3 is 1. The van der Waals surface area contributed by atoms with E-state index < -0.39 is 15.3 Å². The molecule has 0 radical (unpaired) electrons. The van der Waals surface area contributed by atoms with Crippen molar-refractivity contribution >= 4 is 50.2 Å². The number of nitrogens with one attached hydrogen (secondary N) is 2. The molecule has 2 heterocycles. The smallest absolute Gasteiger partial charge is 0.243 e. The van der Waals surface area contributed by atoms with Gasteiger partial charge < -0.3 is 20.1 Å². The first kappa shape index (κ1) is 26.8. The highest BCUT2D eigenvalue weighted by molar-refractivity contribution is 8.15. The molecular formula is C24H27N5O6S2. The lowest BCUT2D eigenvalue weighted by atomic mass is 10.1. The highest BCUT2D eigenvalue weighted by Crippen LogP contribution is 2.24. The fourth-order valence-electron chi connectivity index (χ4n) is 3.62. The average molecular weight is 546 g/mol. The second-order valence-corrected chi connectivity index (χ2v) is 11.3. The maximum atomic E-state index is 12.8. The monoisotopic (exact) mass is 545 g/mol. The highest BCUT2D eigenvalue weighted by atomic mass is 32.2. The van der Waals surface area contributed by atoms with Crippen molar-refractivity contribution in [1.82, 2.24) is 9.62 Å². The zero-order chi connectivity index (χ0) is 26.4. The molecule has 2 amide bonds. The van der Waals surface area contributed by atoms with E-state index in [-0.39, 0.29) is 28.3 Å². The summed E-state index contributed by atoms with van der Waals surface area (Å²) in [6, 6.07) is 13.3. The zero-order valence-electron chi connectivity index (χ0n) is 20.3. The average Bonchev–Trinajstić information content (AvgIpc) is 3.26. The standard InChI is InChI=1S/C24H27N5O6S2/c1-16(17-3-9-20(10-4-17)37(32,33)29-11-13-35-14-12-29)27-28-24-26-23(31)21(36-24)15-22(30)25-18-5-7-19(34-2)8-6-18/h3-10,21H,11-15H2,1-2H3,(H,25,30)(H,26,28,31)/b27-16-. The van der Waals surface area contributed by atoms with Crippen molar-refractivity contribution in [1.29, 1.82) is 0 Å². The van der Waals surface area contributed by atoms with Gasteiger partial charge in [-0.3, -0.25) is 9.59 Å². The van der Waals surface area contributed by atoms with E-state index in [4.69, 9.17) is 9.47 Å². The van der Waals surface area contributed by atoms with Gasteiger partial charge in [-0.1, -0.05) is 23.9 Å². The molecule has 1 unspecified atom stereocenters. The third-order valence-corrected chi connectivity index (χ3v) is 8.68. The van der Waals surface area contributed by atoms with E-state index in [2.05, 4.69) is 20.8 Å². The van der Waals surface area contributed by atoms with Crippen molar-refractivity contribution in [3.8, 4) is 5.75 Å². The lowest BCUT2D eigenvalue weighted by Crippen LogP contribution is -2.40. The maximum absolute atomic E-state index is 12.8. The van der Waals surface area contributed by atoms with Crippen LogP contribution < -0.4 is 15.4 Å². The lowest BCUT2D eigenvalue weighted by molar-refractivity contribution is -0.122. The molecule has 0 saturated carbocycles. The Morgan fingerprint density at radius 2 is 1.84 bits per heavy atom. The molecule has 11 nitrogen and oxygen atoms in total. The maximum Gasteiger partial charge on any atom is 0.243 e. The van der Waals surface area contributed by atoms with Gasteiger partial charge in [-0.05, 0) is 48.9 Å². The molecule has 0 bridgehead atoms. The van der Waals surface area contributed by atoms with E-state index in [0.717, 1.165) is 11.8 Å². The van der Waals surface area contributed by atoms with Crippen LogP contribution in [0.2, 0.25) is 0 Å². The fourth-order valence-corrected chi connectivity index (χ4v) is 5.95. The van der Waals surface area contributed by atoms with Crippen molar-refractivity contribution in [2.45, 2.75) is 23.5 Å². The molecule has 0 aromatic heterocycles. The van der Waals surface area contributed by atoms with Crippen LogP contribution >= 0.6 is 11.8 Å². The summed E-state index contributed by atoms with van der Waals surface area (Å²) in [5.74, 6) is 0.0550. The molecule has 196 valence electrons. The van der Waals surface area contributed by atoms with Gasteiger partial charge in [0.15, 0.2) is 5.17 Å². The van der Waals surface area contributed by atoms with E-state index in [1.54, 1.807) is 50.4 Å². The molecule has 2 N–H and O–H groups in total. The third-order valence-electron chi connectivity index (χ3n) is 5.69. The molecule has 0 aliphatic carbocycles. The Hall–Kier alpha value is -3.26. The minimum absolute atomic E-state index is 0.0245. The molecule has 2 aliphatic rings. The number of thioether (sulfide) groups is 1. The number of carbonyl (C=O) groups is 2. The van der Waals surface area contributed by atoms with E-state index in [1.165, 1.54) is 16.4 Å². The van der Waals surface area contributed by atoms with Gasteiger partial charge >= 0.3 is 0 Å². The number of amidine groups is 1. The Bertz CT molecular complexity index is 1300. The Morgan fingerprint density at radius 1 is 1.16 bits per heavy atom. The summed E-state index contributed by atoms with van der Waals surface area (Å²) in [5.41, 5.74) is 1.83. The van der Waals surface area contributed by atoms with Crippen LogP contribution in [-0.2, 0) is 24.3 Å². The van der Waals surface area contributed by atoms with Crippen LogP contribution in [0.3, 0.4) is 0 Å². The lowest BCUT2D eigenvalue weighted by Gasteiger charge is -2.26. The number of ether oxygens (including phenoxy) is 2. The van der Waals surface area contributed by atoms with Gasteiger partial charge in [0.25, 0.3) is 0 Å². The number of carbonyl (C=O) groups excluding carboxylic acids is 2. The molecule has 13 heteroatoms. The summed E-state index contributed by atoms with van der Waals surface area (Å²) in [4.78, 5) is 24.9. The van der Waals surface area contributed by atoms with Crippen LogP contribution in [0.1, 0.15) is 18.9 Å². The Morgan fingerprint density at radius 3 is 2.49 bits per heavy atom. The van der Waals surface area contributed by atoms with Crippen LogP contribution in [-0.4, -0.2) is 74.1 Å². The Balaban J connectivity index is 1.34. The van der Waals surface area contributed by atoms with Gasteiger partial charge in [0.2, 0.25) is 21.8 Å². The number of morpholine rings is 1. The number of anilines is 1. The van der Waals surface area contributed by atoms with Gasteiger partial charge in [-0.25, -0.2) is 8.42 Å². The van der Waals surface area contributed by atoms with Crippen molar-refractivity contribution in [3.05, 3.63) is 54.1 Å². The van der Waals surface area contributed by atoms with Crippen LogP contribution in [0.25, 0.3) is 0 Å². The van der Waals surface area contributed by atoms with Crippen molar-refractivity contribution in [2.24, 2.45) is 10.2 Å². The van der Waals surface area contributed by atoms with Gasteiger partial charge in [0, 0.05) is 25.2 Å². The number of benzene rings is 2. The summed E-state index contributed by atoms with van der Waals surface area (Å²) in [6.45, 7) is 3.15. The summed E-state index contributed by atoms with van der Waals surface area (Å²) < 4.78 is 37.3. The Kier molecular flexibility index (Phi) is 8.59. The summed E-state index contributed by atoms with van der Waals surface area (Å²) >= 11 is 1.13. The normalized spacial score (nSPS) is 20.1. The molecule has 2 aromatic rings. The van der Waals surface area contributed by atoms with Crippen LogP contribution in [0.4, 0.5) is 5.69 Å². The van der Waals surface area contributed by atoms with Crippen LogP contribution in [0.5, 0.6) is 5.75 Å².